The Kier molecular flexibility index (Phi) is 5.67. The molecule has 1 N–H and O–H groups in total. The van der Waals surface area contributed by atoms with Crippen LogP contribution in [0.4, 0.5) is 0 Å². The van der Waals surface area contributed by atoms with Gasteiger partial charge in [0.25, 0.3) is 0 Å². The summed E-state index contributed by atoms with van der Waals surface area (Å²) in [6.45, 7) is 12.9. The van der Waals surface area contributed by atoms with Gasteiger partial charge in [0.05, 0.1) is 6.10 Å². The SMILES string of the molecule is CCNCCC(C)Oc1ccc(C(C)(C)C)cc1. The summed E-state index contributed by atoms with van der Waals surface area (Å²) in [6.07, 6.45) is 1.29. The maximum atomic E-state index is 5.89. The molecule has 2 nitrogen and oxygen atoms in total. The fraction of sp³-hybridized carbons (Fsp3) is 0.625. The lowest BCUT2D eigenvalue weighted by Gasteiger charge is -2.20. The van der Waals surface area contributed by atoms with E-state index in [1.165, 1.54) is 5.56 Å². The van der Waals surface area contributed by atoms with E-state index < -0.39 is 0 Å². The molecule has 2 heteroatoms. The molecule has 0 aliphatic rings. The molecule has 0 saturated carbocycles. The molecule has 1 unspecified atom stereocenters. The molecule has 102 valence electrons. The van der Waals surface area contributed by atoms with Crippen LogP contribution in [-0.4, -0.2) is 19.2 Å². The van der Waals surface area contributed by atoms with Crippen molar-refractivity contribution in [2.75, 3.05) is 13.1 Å². The van der Waals surface area contributed by atoms with Gasteiger partial charge in [-0.3, -0.25) is 0 Å². The first-order valence-electron chi connectivity index (χ1n) is 6.91. The van der Waals surface area contributed by atoms with Crippen molar-refractivity contribution in [1.29, 1.82) is 0 Å². The quantitative estimate of drug-likeness (QED) is 0.775. The summed E-state index contributed by atoms with van der Waals surface area (Å²) >= 11 is 0. The van der Waals surface area contributed by atoms with Crippen molar-refractivity contribution in [3.63, 3.8) is 0 Å². The zero-order valence-corrected chi connectivity index (χ0v) is 12.4. The molecule has 1 aromatic rings. The molecule has 0 amide bonds. The van der Waals surface area contributed by atoms with Crippen LogP contribution < -0.4 is 10.1 Å². The van der Waals surface area contributed by atoms with E-state index in [0.717, 1.165) is 25.3 Å². The fourth-order valence-corrected chi connectivity index (χ4v) is 1.81. The number of ether oxygens (including phenoxy) is 1. The molecule has 0 aliphatic heterocycles. The lowest BCUT2D eigenvalue weighted by Crippen LogP contribution is -2.22. The Morgan fingerprint density at radius 3 is 2.28 bits per heavy atom. The first kappa shape index (κ1) is 15.0. The van der Waals surface area contributed by atoms with Gasteiger partial charge in [-0.25, -0.2) is 0 Å². The summed E-state index contributed by atoms with van der Waals surface area (Å²) < 4.78 is 5.89. The van der Waals surface area contributed by atoms with Crippen molar-refractivity contribution in [2.45, 2.75) is 52.6 Å². The van der Waals surface area contributed by atoms with E-state index in [9.17, 15) is 0 Å². The van der Waals surface area contributed by atoms with Crippen molar-refractivity contribution in [3.8, 4) is 5.75 Å². The summed E-state index contributed by atoms with van der Waals surface area (Å²) in [7, 11) is 0. The van der Waals surface area contributed by atoms with Crippen molar-refractivity contribution in [3.05, 3.63) is 29.8 Å². The monoisotopic (exact) mass is 249 g/mol. The minimum absolute atomic E-state index is 0.204. The van der Waals surface area contributed by atoms with Crippen LogP contribution in [0.15, 0.2) is 24.3 Å². The first-order chi connectivity index (χ1) is 8.43. The minimum atomic E-state index is 0.204. The largest absolute Gasteiger partial charge is 0.491 e. The van der Waals surface area contributed by atoms with Gasteiger partial charge < -0.3 is 10.1 Å². The molecule has 0 aliphatic carbocycles. The third kappa shape index (κ3) is 5.09. The molecule has 0 bridgehead atoms. The first-order valence-corrected chi connectivity index (χ1v) is 6.91. The molecule has 0 fully saturated rings. The molecule has 0 heterocycles. The van der Waals surface area contributed by atoms with Gasteiger partial charge in [-0.2, -0.15) is 0 Å². The van der Waals surface area contributed by atoms with Gasteiger partial charge in [0, 0.05) is 0 Å². The van der Waals surface area contributed by atoms with Gasteiger partial charge in [0.15, 0.2) is 0 Å². The van der Waals surface area contributed by atoms with E-state index in [-0.39, 0.29) is 11.5 Å². The maximum absolute atomic E-state index is 5.89. The van der Waals surface area contributed by atoms with Crippen molar-refractivity contribution in [1.82, 2.24) is 5.32 Å². The minimum Gasteiger partial charge on any atom is -0.491 e. The van der Waals surface area contributed by atoms with Crippen LogP contribution in [0.5, 0.6) is 5.75 Å². The van der Waals surface area contributed by atoms with Crippen LogP contribution in [0.3, 0.4) is 0 Å². The molecule has 18 heavy (non-hydrogen) atoms. The summed E-state index contributed by atoms with van der Waals surface area (Å²) in [5.41, 5.74) is 1.55. The zero-order valence-electron chi connectivity index (χ0n) is 12.4. The molecule has 0 spiro atoms. The van der Waals surface area contributed by atoms with Crippen LogP contribution in [0.25, 0.3) is 0 Å². The second-order valence-corrected chi connectivity index (χ2v) is 5.85. The van der Waals surface area contributed by atoms with Crippen molar-refractivity contribution in [2.24, 2.45) is 0 Å². The Morgan fingerprint density at radius 2 is 1.78 bits per heavy atom. The number of hydrogen-bond acceptors (Lipinski definition) is 2. The van der Waals surface area contributed by atoms with E-state index in [1.54, 1.807) is 0 Å². The highest BCUT2D eigenvalue weighted by atomic mass is 16.5. The van der Waals surface area contributed by atoms with Gasteiger partial charge in [-0.05, 0) is 49.5 Å². The van der Waals surface area contributed by atoms with Crippen molar-refractivity contribution >= 4 is 0 Å². The van der Waals surface area contributed by atoms with Gasteiger partial charge in [-0.1, -0.05) is 39.8 Å². The Labute approximate surface area is 112 Å². The third-order valence-corrected chi connectivity index (χ3v) is 3.04. The van der Waals surface area contributed by atoms with Gasteiger partial charge in [0.1, 0.15) is 5.75 Å². The smallest absolute Gasteiger partial charge is 0.119 e. The summed E-state index contributed by atoms with van der Waals surface area (Å²) in [5, 5.41) is 3.31. The van der Waals surface area contributed by atoms with Crippen LogP contribution in [0.1, 0.15) is 46.6 Å². The molecule has 1 atom stereocenters. The topological polar surface area (TPSA) is 21.3 Å². The molecule has 1 aromatic carbocycles. The summed E-state index contributed by atoms with van der Waals surface area (Å²) in [4.78, 5) is 0. The predicted octanol–water partition coefficient (Wildman–Crippen LogP) is 3.75. The van der Waals surface area contributed by atoms with Crippen LogP contribution in [0, 0.1) is 0 Å². The standard InChI is InChI=1S/C16H27NO/c1-6-17-12-11-13(2)18-15-9-7-14(8-10-15)16(3,4)5/h7-10,13,17H,6,11-12H2,1-5H3. The Bertz CT molecular complexity index is 337. The van der Waals surface area contributed by atoms with E-state index in [0.29, 0.717) is 0 Å². The fourth-order valence-electron chi connectivity index (χ4n) is 1.81. The van der Waals surface area contributed by atoms with Gasteiger partial charge >= 0.3 is 0 Å². The van der Waals surface area contributed by atoms with E-state index in [1.807, 2.05) is 0 Å². The summed E-state index contributed by atoms with van der Waals surface area (Å²) in [6, 6.07) is 8.47. The summed E-state index contributed by atoms with van der Waals surface area (Å²) in [5.74, 6) is 0.965. The highest BCUT2D eigenvalue weighted by molar-refractivity contribution is 5.31. The maximum Gasteiger partial charge on any atom is 0.119 e. The van der Waals surface area contributed by atoms with Crippen LogP contribution >= 0.6 is 0 Å². The molecule has 1 rings (SSSR count). The second kappa shape index (κ2) is 6.79. The Hall–Kier alpha value is -1.02. The number of rotatable bonds is 6. The predicted molar refractivity (Wildman–Crippen MR) is 78.4 cm³/mol. The van der Waals surface area contributed by atoms with Gasteiger partial charge in [-0.15, -0.1) is 0 Å². The van der Waals surface area contributed by atoms with E-state index in [2.05, 4.69) is 64.2 Å². The average Bonchev–Trinajstić information content (AvgIpc) is 2.29. The average molecular weight is 249 g/mol. The molecular formula is C16H27NO. The number of hydrogen-bond donors (Lipinski definition) is 1. The Balaban J connectivity index is 2.48. The molecule has 0 aromatic heterocycles. The number of benzene rings is 1. The molecule has 0 saturated heterocycles. The molecule has 0 radical (unpaired) electrons. The van der Waals surface area contributed by atoms with E-state index in [4.69, 9.17) is 4.74 Å². The third-order valence-electron chi connectivity index (χ3n) is 3.04. The normalized spacial score (nSPS) is 13.4. The Morgan fingerprint density at radius 1 is 1.17 bits per heavy atom. The number of nitrogens with one attached hydrogen (secondary N) is 1. The zero-order chi connectivity index (χ0) is 13.6. The molecular weight excluding hydrogens is 222 g/mol. The lowest BCUT2D eigenvalue weighted by atomic mass is 9.87. The second-order valence-electron chi connectivity index (χ2n) is 5.85. The highest BCUT2D eigenvalue weighted by Gasteiger charge is 2.13. The lowest BCUT2D eigenvalue weighted by molar-refractivity contribution is 0.210. The van der Waals surface area contributed by atoms with Crippen LogP contribution in [-0.2, 0) is 5.41 Å². The van der Waals surface area contributed by atoms with Crippen LogP contribution in [0.2, 0.25) is 0 Å². The highest BCUT2D eigenvalue weighted by Crippen LogP contribution is 2.24. The van der Waals surface area contributed by atoms with Crippen molar-refractivity contribution < 1.29 is 4.74 Å². The van der Waals surface area contributed by atoms with E-state index >= 15 is 0 Å². The van der Waals surface area contributed by atoms with Gasteiger partial charge in [0.2, 0.25) is 0 Å².